The molecule has 3 atom stereocenters. The van der Waals surface area contributed by atoms with Crippen molar-refractivity contribution < 1.29 is 14.3 Å². The van der Waals surface area contributed by atoms with Crippen LogP contribution in [0.15, 0.2) is 42.5 Å². The van der Waals surface area contributed by atoms with Gasteiger partial charge < -0.3 is 9.47 Å². The number of rotatable bonds is 8. The van der Waals surface area contributed by atoms with Gasteiger partial charge >= 0.3 is 6.09 Å². The lowest BCUT2D eigenvalue weighted by molar-refractivity contribution is -0.00290. The van der Waals surface area contributed by atoms with E-state index in [-0.39, 0.29) is 6.10 Å². The molecule has 0 radical (unpaired) electrons. The number of ether oxygens (including phenoxy) is 2. The van der Waals surface area contributed by atoms with Gasteiger partial charge in [-0.25, -0.2) is 4.79 Å². The quantitative estimate of drug-likeness (QED) is 0.539. The topological polar surface area (TPSA) is 50.8 Å². The normalized spacial score (nSPS) is 21.2. The molecule has 1 aliphatic rings. The fourth-order valence-electron chi connectivity index (χ4n) is 4.75. The molecule has 0 aromatic heterocycles. The van der Waals surface area contributed by atoms with Gasteiger partial charge in [0, 0.05) is 25.0 Å². The van der Waals surface area contributed by atoms with E-state index in [0.29, 0.717) is 23.5 Å². The molecular formula is C27H38N2O3. The van der Waals surface area contributed by atoms with Crippen LogP contribution in [0.4, 0.5) is 10.5 Å². The molecule has 1 N–H and O–H groups in total. The molecule has 0 spiro atoms. The number of piperidine rings is 1. The molecule has 1 fully saturated rings. The van der Waals surface area contributed by atoms with E-state index in [2.05, 4.69) is 55.3 Å². The van der Waals surface area contributed by atoms with Crippen LogP contribution in [0.2, 0.25) is 0 Å². The van der Waals surface area contributed by atoms with Crippen molar-refractivity contribution >= 4 is 11.8 Å². The SMILES string of the molecule is CCCC1CC(OC(=O)Nc2cc(C)ccc2OC)CC(C)N1CCc1ccc(C)cc1. The van der Waals surface area contributed by atoms with Crippen molar-refractivity contribution in [2.24, 2.45) is 0 Å². The third-order valence-corrected chi connectivity index (χ3v) is 6.44. The van der Waals surface area contributed by atoms with Crippen molar-refractivity contribution in [3.05, 3.63) is 59.2 Å². The first-order valence-electron chi connectivity index (χ1n) is 11.8. The third kappa shape index (κ3) is 6.49. The van der Waals surface area contributed by atoms with Crippen LogP contribution in [-0.4, -0.2) is 42.8 Å². The number of methoxy groups -OCH3 is 1. The largest absolute Gasteiger partial charge is 0.495 e. The van der Waals surface area contributed by atoms with Crippen molar-refractivity contribution in [2.45, 2.75) is 78.0 Å². The number of carbonyl (C=O) groups is 1. The highest BCUT2D eigenvalue weighted by molar-refractivity contribution is 5.87. The summed E-state index contributed by atoms with van der Waals surface area (Å²) in [6.45, 7) is 9.63. The lowest BCUT2D eigenvalue weighted by Gasteiger charge is -2.43. The Morgan fingerprint density at radius 2 is 1.81 bits per heavy atom. The molecule has 5 heteroatoms. The fourth-order valence-corrected chi connectivity index (χ4v) is 4.75. The summed E-state index contributed by atoms with van der Waals surface area (Å²) in [6.07, 6.45) is 4.53. The number of carbonyl (C=O) groups excluding carboxylic acids is 1. The third-order valence-electron chi connectivity index (χ3n) is 6.44. The van der Waals surface area contributed by atoms with Crippen LogP contribution in [0, 0.1) is 13.8 Å². The highest BCUT2D eigenvalue weighted by Gasteiger charge is 2.34. The number of likely N-dealkylation sites (tertiary alicyclic amines) is 1. The zero-order chi connectivity index (χ0) is 23.1. The number of nitrogens with one attached hydrogen (secondary N) is 1. The first kappa shape index (κ1) is 24.1. The standard InChI is InChI=1S/C27H38N2O3/c1-6-7-23-18-24(32-27(30)28-25-16-20(3)10-13-26(25)31-5)17-21(4)29(23)15-14-22-11-8-19(2)9-12-22/h8-13,16,21,23-24H,6-7,14-15,17-18H2,1-5H3,(H,28,30). The second-order valence-electron chi connectivity index (χ2n) is 9.09. The van der Waals surface area contributed by atoms with Crippen LogP contribution >= 0.6 is 0 Å². The number of nitrogens with zero attached hydrogens (tertiary/aromatic N) is 1. The van der Waals surface area contributed by atoms with E-state index >= 15 is 0 Å². The van der Waals surface area contributed by atoms with E-state index in [1.54, 1.807) is 7.11 Å². The maximum absolute atomic E-state index is 12.6. The Balaban J connectivity index is 1.59. The van der Waals surface area contributed by atoms with Crippen molar-refractivity contribution in [1.29, 1.82) is 0 Å². The number of anilines is 1. The number of hydrogen-bond donors (Lipinski definition) is 1. The summed E-state index contributed by atoms with van der Waals surface area (Å²) in [7, 11) is 1.60. The molecule has 1 amide bonds. The Morgan fingerprint density at radius 1 is 1.09 bits per heavy atom. The van der Waals surface area contributed by atoms with E-state index in [4.69, 9.17) is 9.47 Å². The van der Waals surface area contributed by atoms with Crippen molar-refractivity contribution in [3.63, 3.8) is 0 Å². The minimum Gasteiger partial charge on any atom is -0.495 e. The fraction of sp³-hybridized carbons (Fsp3) is 0.519. The van der Waals surface area contributed by atoms with E-state index in [9.17, 15) is 4.79 Å². The molecule has 0 aliphatic carbocycles. The molecule has 1 heterocycles. The summed E-state index contributed by atoms with van der Waals surface area (Å²) < 4.78 is 11.2. The molecule has 174 valence electrons. The second-order valence-corrected chi connectivity index (χ2v) is 9.09. The van der Waals surface area contributed by atoms with Crippen LogP contribution in [0.1, 0.15) is 56.2 Å². The summed E-state index contributed by atoms with van der Waals surface area (Å²) in [5.74, 6) is 0.635. The van der Waals surface area contributed by atoms with Crippen LogP contribution in [0.3, 0.4) is 0 Å². The highest BCUT2D eigenvalue weighted by Crippen LogP contribution is 2.30. The van der Waals surface area contributed by atoms with Gasteiger partial charge in [0.25, 0.3) is 0 Å². The highest BCUT2D eigenvalue weighted by atomic mass is 16.6. The molecule has 3 unspecified atom stereocenters. The summed E-state index contributed by atoms with van der Waals surface area (Å²) in [4.78, 5) is 15.3. The molecule has 1 saturated heterocycles. The monoisotopic (exact) mass is 438 g/mol. The Morgan fingerprint density at radius 3 is 2.50 bits per heavy atom. The summed E-state index contributed by atoms with van der Waals surface area (Å²) in [6, 6.07) is 15.3. The molecule has 5 nitrogen and oxygen atoms in total. The molecule has 32 heavy (non-hydrogen) atoms. The molecule has 3 rings (SSSR count). The minimum absolute atomic E-state index is 0.0759. The predicted octanol–water partition coefficient (Wildman–Crippen LogP) is 6.12. The van der Waals surface area contributed by atoms with E-state index < -0.39 is 6.09 Å². The number of hydrogen-bond acceptors (Lipinski definition) is 4. The minimum atomic E-state index is -0.408. The number of aryl methyl sites for hydroxylation is 2. The maximum atomic E-state index is 12.6. The Labute approximate surface area is 193 Å². The Bertz CT molecular complexity index is 881. The van der Waals surface area contributed by atoms with E-state index in [1.165, 1.54) is 11.1 Å². The van der Waals surface area contributed by atoms with Crippen LogP contribution in [0.25, 0.3) is 0 Å². The van der Waals surface area contributed by atoms with Gasteiger partial charge in [0.1, 0.15) is 11.9 Å². The van der Waals surface area contributed by atoms with Crippen LogP contribution in [-0.2, 0) is 11.2 Å². The van der Waals surface area contributed by atoms with Gasteiger partial charge in [0.2, 0.25) is 0 Å². The van der Waals surface area contributed by atoms with Gasteiger partial charge in [-0.15, -0.1) is 0 Å². The Hall–Kier alpha value is -2.53. The van der Waals surface area contributed by atoms with Gasteiger partial charge in [-0.1, -0.05) is 49.2 Å². The number of benzene rings is 2. The van der Waals surface area contributed by atoms with E-state index in [0.717, 1.165) is 44.2 Å². The van der Waals surface area contributed by atoms with Crippen molar-refractivity contribution in [3.8, 4) is 5.75 Å². The lowest BCUT2D eigenvalue weighted by Crippen LogP contribution is -2.51. The molecule has 2 aromatic rings. The smallest absolute Gasteiger partial charge is 0.412 e. The predicted molar refractivity (Wildman–Crippen MR) is 131 cm³/mol. The average molecular weight is 439 g/mol. The molecule has 0 bridgehead atoms. The summed E-state index contributed by atoms with van der Waals surface area (Å²) in [5, 5.41) is 2.87. The first-order chi connectivity index (χ1) is 15.4. The maximum Gasteiger partial charge on any atom is 0.412 e. The summed E-state index contributed by atoms with van der Waals surface area (Å²) >= 11 is 0. The van der Waals surface area contributed by atoms with Crippen molar-refractivity contribution in [2.75, 3.05) is 19.0 Å². The van der Waals surface area contributed by atoms with Gasteiger partial charge in [-0.3, -0.25) is 10.2 Å². The molecule has 2 aromatic carbocycles. The molecular weight excluding hydrogens is 400 g/mol. The number of amides is 1. The average Bonchev–Trinajstić information content (AvgIpc) is 2.75. The zero-order valence-electron chi connectivity index (χ0n) is 20.2. The van der Waals surface area contributed by atoms with Gasteiger partial charge in [-0.05, 0) is 63.3 Å². The molecule has 0 saturated carbocycles. The molecule has 1 aliphatic heterocycles. The van der Waals surface area contributed by atoms with Crippen molar-refractivity contribution in [1.82, 2.24) is 4.90 Å². The van der Waals surface area contributed by atoms with E-state index in [1.807, 2.05) is 25.1 Å². The Kier molecular flexibility index (Phi) is 8.57. The zero-order valence-corrected chi connectivity index (χ0v) is 20.2. The van der Waals surface area contributed by atoms with Gasteiger partial charge in [0.15, 0.2) is 0 Å². The second kappa shape index (κ2) is 11.4. The van der Waals surface area contributed by atoms with Gasteiger partial charge in [0.05, 0.1) is 12.8 Å². The van der Waals surface area contributed by atoms with Gasteiger partial charge in [-0.2, -0.15) is 0 Å². The van der Waals surface area contributed by atoms with Crippen LogP contribution < -0.4 is 10.1 Å². The summed E-state index contributed by atoms with van der Waals surface area (Å²) in [5.41, 5.74) is 4.37. The van der Waals surface area contributed by atoms with Crippen LogP contribution in [0.5, 0.6) is 5.75 Å². The first-order valence-corrected chi connectivity index (χ1v) is 11.8. The lowest BCUT2D eigenvalue weighted by atomic mass is 9.90.